The van der Waals surface area contributed by atoms with Crippen LogP contribution in [0.3, 0.4) is 0 Å². The molecule has 0 saturated heterocycles. The summed E-state index contributed by atoms with van der Waals surface area (Å²) in [4.78, 5) is 15.7. The van der Waals surface area contributed by atoms with E-state index in [1.54, 1.807) is 0 Å². The van der Waals surface area contributed by atoms with Gasteiger partial charge in [-0.2, -0.15) is 0 Å². The Bertz CT molecular complexity index is 920. The topological polar surface area (TPSA) is 79.4 Å². The van der Waals surface area contributed by atoms with Gasteiger partial charge < -0.3 is 5.32 Å². The van der Waals surface area contributed by atoms with Crippen LogP contribution >= 0.6 is 11.8 Å². The number of aromatic nitrogens is 1. The van der Waals surface area contributed by atoms with E-state index in [0.717, 1.165) is 28.3 Å². The summed E-state index contributed by atoms with van der Waals surface area (Å²) in [5.41, 5.74) is -0.477. The number of carbonyl (C=O) groups is 1. The van der Waals surface area contributed by atoms with Gasteiger partial charge in [0.15, 0.2) is 17.5 Å². The summed E-state index contributed by atoms with van der Waals surface area (Å²) in [6.07, 6.45) is 1.16. The van der Waals surface area contributed by atoms with E-state index < -0.39 is 39.1 Å². The monoisotopic (exact) mass is 405 g/mol. The Morgan fingerprint density at radius 2 is 1.85 bits per heavy atom. The van der Waals surface area contributed by atoms with Crippen LogP contribution in [0.5, 0.6) is 0 Å². The van der Waals surface area contributed by atoms with Crippen molar-refractivity contribution in [2.45, 2.75) is 9.92 Å². The maximum Gasteiger partial charge on any atom is 0.244 e. The lowest BCUT2D eigenvalue weighted by Crippen LogP contribution is -2.22. The normalized spacial score (nSPS) is 11.6. The summed E-state index contributed by atoms with van der Waals surface area (Å²) in [6, 6.07) is 4.38. The Morgan fingerprint density at radius 3 is 2.42 bits per heavy atom. The summed E-state index contributed by atoms with van der Waals surface area (Å²) in [6.45, 7) is 0. The molecule has 0 unspecified atom stereocenters. The molecule has 0 aliphatic rings. The van der Waals surface area contributed by atoms with E-state index in [2.05, 4.69) is 10.3 Å². The molecule has 2 aromatic rings. The number of carbonyl (C=O) groups excluding carboxylic acids is 1. The van der Waals surface area contributed by atoms with E-state index in [-0.39, 0.29) is 10.6 Å². The van der Waals surface area contributed by atoms with Gasteiger partial charge >= 0.3 is 0 Å². The van der Waals surface area contributed by atoms with Crippen LogP contribution in [0, 0.1) is 17.5 Å². The molecule has 0 fully saturated rings. The van der Waals surface area contributed by atoms with E-state index >= 15 is 0 Å². The fraction of sp³-hybridized carbons (Fsp3) is 0.200. The molecule has 0 aliphatic carbocycles. The van der Waals surface area contributed by atoms with Gasteiger partial charge in [0.2, 0.25) is 15.9 Å². The Kier molecular flexibility index (Phi) is 6.26. The maximum atomic E-state index is 13.5. The SMILES string of the molecule is CN(C)S(=O)(=O)c1ccc(SCC(=O)Nc2ccc(F)c(F)c2F)nc1. The molecule has 0 atom stereocenters. The van der Waals surface area contributed by atoms with Crippen LogP contribution in [-0.4, -0.2) is 43.5 Å². The summed E-state index contributed by atoms with van der Waals surface area (Å²) >= 11 is 0.967. The lowest BCUT2D eigenvalue weighted by atomic mass is 10.3. The van der Waals surface area contributed by atoms with Gasteiger partial charge in [0.05, 0.1) is 16.5 Å². The minimum atomic E-state index is -3.60. The number of hydrogen-bond acceptors (Lipinski definition) is 5. The van der Waals surface area contributed by atoms with Crippen LogP contribution in [0.1, 0.15) is 0 Å². The predicted octanol–water partition coefficient (Wildman–Crippen LogP) is 2.48. The van der Waals surface area contributed by atoms with Gasteiger partial charge in [-0.1, -0.05) is 11.8 Å². The highest BCUT2D eigenvalue weighted by Gasteiger charge is 2.18. The van der Waals surface area contributed by atoms with Crippen molar-refractivity contribution in [1.82, 2.24) is 9.29 Å². The highest BCUT2D eigenvalue weighted by molar-refractivity contribution is 7.99. The fourth-order valence-electron chi connectivity index (χ4n) is 1.76. The number of nitrogens with zero attached hydrogens (tertiary/aromatic N) is 2. The first-order valence-electron chi connectivity index (χ1n) is 7.07. The highest BCUT2D eigenvalue weighted by Crippen LogP contribution is 2.21. The van der Waals surface area contributed by atoms with Crippen molar-refractivity contribution in [3.05, 3.63) is 47.9 Å². The third-order valence-electron chi connectivity index (χ3n) is 3.15. The van der Waals surface area contributed by atoms with Crippen molar-refractivity contribution >= 4 is 33.4 Å². The van der Waals surface area contributed by atoms with Crippen LogP contribution in [0.4, 0.5) is 18.9 Å². The van der Waals surface area contributed by atoms with Gasteiger partial charge in [-0.25, -0.2) is 30.9 Å². The Labute approximate surface area is 152 Å². The van der Waals surface area contributed by atoms with Gasteiger partial charge in [0.1, 0.15) is 4.90 Å². The van der Waals surface area contributed by atoms with Crippen molar-refractivity contribution in [2.24, 2.45) is 0 Å². The number of nitrogens with one attached hydrogen (secondary N) is 1. The van der Waals surface area contributed by atoms with Crippen LogP contribution in [0.15, 0.2) is 40.4 Å². The molecule has 6 nitrogen and oxygen atoms in total. The second kappa shape index (κ2) is 8.06. The van der Waals surface area contributed by atoms with Gasteiger partial charge in [-0.3, -0.25) is 4.79 Å². The predicted molar refractivity (Wildman–Crippen MR) is 90.8 cm³/mol. The number of benzene rings is 1. The Balaban J connectivity index is 1.99. The number of halogens is 3. The van der Waals surface area contributed by atoms with E-state index in [1.807, 2.05) is 0 Å². The van der Waals surface area contributed by atoms with E-state index in [0.29, 0.717) is 11.1 Å². The molecule has 1 aromatic carbocycles. The molecule has 2 rings (SSSR count). The van der Waals surface area contributed by atoms with Gasteiger partial charge in [0.25, 0.3) is 0 Å². The highest BCUT2D eigenvalue weighted by atomic mass is 32.2. The average Bonchev–Trinajstić information content (AvgIpc) is 2.60. The molecule has 1 N–H and O–H groups in total. The lowest BCUT2D eigenvalue weighted by Gasteiger charge is -2.11. The minimum absolute atomic E-state index is 0.000148. The number of rotatable bonds is 6. The van der Waals surface area contributed by atoms with Gasteiger partial charge in [0, 0.05) is 20.3 Å². The quantitative estimate of drug-likeness (QED) is 0.590. The van der Waals surface area contributed by atoms with Crippen molar-refractivity contribution in [2.75, 3.05) is 25.2 Å². The van der Waals surface area contributed by atoms with Crippen LogP contribution in [0.2, 0.25) is 0 Å². The van der Waals surface area contributed by atoms with Crippen LogP contribution in [0.25, 0.3) is 0 Å². The fourth-order valence-corrected chi connectivity index (χ4v) is 3.25. The lowest BCUT2D eigenvalue weighted by molar-refractivity contribution is -0.113. The molecule has 11 heteroatoms. The van der Waals surface area contributed by atoms with Gasteiger partial charge in [-0.15, -0.1) is 0 Å². The maximum absolute atomic E-state index is 13.5. The molecule has 0 spiro atoms. The molecule has 26 heavy (non-hydrogen) atoms. The standard InChI is InChI=1S/C15H14F3N3O3S2/c1-21(2)26(23,24)9-3-6-13(19-7-9)25-8-12(22)20-11-5-4-10(16)14(17)15(11)18/h3-7H,8H2,1-2H3,(H,20,22). The molecule has 0 bridgehead atoms. The van der Waals surface area contributed by atoms with Crippen molar-refractivity contribution in [3.8, 4) is 0 Å². The molecule has 1 aromatic heterocycles. The first kappa shape index (κ1) is 20.2. The van der Waals surface area contributed by atoms with Crippen LogP contribution in [-0.2, 0) is 14.8 Å². The third kappa shape index (κ3) is 4.54. The summed E-state index contributed by atoms with van der Waals surface area (Å²) < 4.78 is 64.3. The Hall–Kier alpha value is -2.11. The third-order valence-corrected chi connectivity index (χ3v) is 5.89. The van der Waals surface area contributed by atoms with E-state index in [4.69, 9.17) is 0 Å². The zero-order valence-electron chi connectivity index (χ0n) is 13.7. The number of anilines is 1. The average molecular weight is 405 g/mol. The molecular formula is C15H14F3N3O3S2. The zero-order valence-corrected chi connectivity index (χ0v) is 15.3. The molecule has 0 aliphatic heterocycles. The zero-order chi connectivity index (χ0) is 19.5. The number of pyridine rings is 1. The van der Waals surface area contributed by atoms with Crippen LogP contribution < -0.4 is 5.32 Å². The first-order valence-corrected chi connectivity index (χ1v) is 9.50. The summed E-state index contributed by atoms with van der Waals surface area (Å²) in [5.74, 6) is -5.36. The number of thioether (sulfide) groups is 1. The largest absolute Gasteiger partial charge is 0.323 e. The first-order chi connectivity index (χ1) is 12.1. The smallest absolute Gasteiger partial charge is 0.244 e. The molecule has 0 saturated carbocycles. The van der Waals surface area contributed by atoms with Crippen molar-refractivity contribution < 1.29 is 26.4 Å². The second-order valence-electron chi connectivity index (χ2n) is 5.18. The summed E-state index contributed by atoms with van der Waals surface area (Å²) in [5, 5.41) is 2.49. The molecule has 0 radical (unpaired) electrons. The molecular weight excluding hydrogens is 391 g/mol. The minimum Gasteiger partial charge on any atom is -0.323 e. The number of sulfonamides is 1. The van der Waals surface area contributed by atoms with E-state index in [1.165, 1.54) is 26.2 Å². The molecule has 1 heterocycles. The summed E-state index contributed by atoms with van der Waals surface area (Å²) in [7, 11) is -0.826. The number of amides is 1. The van der Waals surface area contributed by atoms with Gasteiger partial charge in [-0.05, 0) is 24.3 Å². The Morgan fingerprint density at radius 1 is 1.15 bits per heavy atom. The van der Waals surface area contributed by atoms with Crippen molar-refractivity contribution in [1.29, 1.82) is 0 Å². The molecule has 1 amide bonds. The van der Waals surface area contributed by atoms with E-state index in [9.17, 15) is 26.4 Å². The second-order valence-corrected chi connectivity index (χ2v) is 8.33. The number of hydrogen-bond donors (Lipinski definition) is 1. The molecule has 140 valence electrons. The van der Waals surface area contributed by atoms with Crippen molar-refractivity contribution in [3.63, 3.8) is 0 Å².